The zero-order valence-electron chi connectivity index (χ0n) is 18.7. The normalized spacial score (nSPS) is 13.6. The molecule has 34 heavy (non-hydrogen) atoms. The third kappa shape index (κ3) is 3.67. The maximum atomic E-state index is 12.9. The van der Waals surface area contributed by atoms with Crippen molar-refractivity contribution in [2.45, 2.75) is 6.92 Å². The van der Waals surface area contributed by atoms with E-state index >= 15 is 0 Å². The first kappa shape index (κ1) is 21.3. The minimum absolute atomic E-state index is 0.0370. The molecule has 1 aliphatic heterocycles. The summed E-state index contributed by atoms with van der Waals surface area (Å²) in [6, 6.07) is 17.4. The number of hydrogen-bond acceptors (Lipinski definition) is 7. The van der Waals surface area contributed by atoms with Gasteiger partial charge in [-0.1, -0.05) is 24.3 Å². The first-order chi connectivity index (χ1) is 16.5. The van der Waals surface area contributed by atoms with Crippen LogP contribution in [0, 0.1) is 6.92 Å². The molecule has 7 heteroatoms. The number of esters is 1. The summed E-state index contributed by atoms with van der Waals surface area (Å²) in [7, 11) is 3.11. The van der Waals surface area contributed by atoms with Gasteiger partial charge in [0.25, 0.3) is 0 Å². The number of ketones is 1. The van der Waals surface area contributed by atoms with E-state index in [2.05, 4.69) is 0 Å². The molecule has 0 saturated heterocycles. The Morgan fingerprint density at radius 2 is 1.76 bits per heavy atom. The average molecular weight is 456 g/mol. The lowest BCUT2D eigenvalue weighted by Gasteiger charge is -2.09. The molecule has 0 radical (unpaired) electrons. The Kier molecular flexibility index (Phi) is 5.30. The van der Waals surface area contributed by atoms with Crippen LogP contribution in [0.3, 0.4) is 0 Å². The monoisotopic (exact) mass is 456 g/mol. The molecule has 7 nitrogen and oxygen atoms in total. The van der Waals surface area contributed by atoms with Crippen LogP contribution in [0.15, 0.2) is 70.8 Å². The lowest BCUT2D eigenvalue weighted by atomic mass is 10.1. The molecule has 0 spiro atoms. The standard InChI is InChI=1S/C27H20O7/c1-15-20(34-27(29)23-14-17-7-5-9-21(31-3)26(17)33-23)11-10-19-24(28)22(32-25(15)19)13-16-6-4-8-18(12-16)30-2/h4-14H,1-3H3/b22-13-. The number of methoxy groups -OCH3 is 2. The number of Topliss-reactive ketones (excluding diaryl/α,β-unsaturated/α-hetero) is 1. The van der Waals surface area contributed by atoms with Gasteiger partial charge in [0, 0.05) is 10.9 Å². The van der Waals surface area contributed by atoms with E-state index in [0.717, 1.165) is 10.9 Å². The van der Waals surface area contributed by atoms with Crippen LogP contribution in [0.25, 0.3) is 17.0 Å². The quantitative estimate of drug-likeness (QED) is 0.220. The fraction of sp³-hybridized carbons (Fsp3) is 0.111. The first-order valence-corrected chi connectivity index (χ1v) is 10.5. The van der Waals surface area contributed by atoms with Gasteiger partial charge >= 0.3 is 5.97 Å². The maximum absolute atomic E-state index is 12.9. The number of furan rings is 1. The molecule has 0 saturated carbocycles. The van der Waals surface area contributed by atoms with Gasteiger partial charge in [0.2, 0.25) is 11.5 Å². The number of fused-ring (bicyclic) bond motifs is 2. The number of benzene rings is 3. The van der Waals surface area contributed by atoms with Crippen molar-refractivity contribution < 1.29 is 33.0 Å². The second kappa shape index (κ2) is 8.44. The van der Waals surface area contributed by atoms with Crippen LogP contribution in [-0.2, 0) is 0 Å². The summed E-state index contributed by atoms with van der Waals surface area (Å²) in [4.78, 5) is 25.6. The minimum Gasteiger partial charge on any atom is -0.497 e. The molecule has 1 aliphatic rings. The highest BCUT2D eigenvalue weighted by Gasteiger charge is 2.31. The van der Waals surface area contributed by atoms with Crippen LogP contribution >= 0.6 is 0 Å². The van der Waals surface area contributed by atoms with Crippen LogP contribution < -0.4 is 18.9 Å². The van der Waals surface area contributed by atoms with Crippen LogP contribution in [0.4, 0.5) is 0 Å². The summed E-state index contributed by atoms with van der Waals surface area (Å²) in [5, 5.41) is 0.721. The lowest BCUT2D eigenvalue weighted by Crippen LogP contribution is -2.08. The molecule has 4 aromatic rings. The fourth-order valence-electron chi connectivity index (χ4n) is 3.81. The van der Waals surface area contributed by atoms with E-state index in [9.17, 15) is 9.59 Å². The zero-order chi connectivity index (χ0) is 23.8. The van der Waals surface area contributed by atoms with E-state index in [1.807, 2.05) is 24.3 Å². The molecule has 2 heterocycles. The van der Waals surface area contributed by atoms with Crippen LogP contribution in [0.5, 0.6) is 23.0 Å². The molecule has 5 rings (SSSR count). The summed E-state index contributed by atoms with van der Waals surface area (Å²) in [6.07, 6.45) is 1.65. The number of ether oxygens (including phenoxy) is 4. The second-order valence-corrected chi connectivity index (χ2v) is 7.66. The van der Waals surface area contributed by atoms with Crippen molar-refractivity contribution in [1.82, 2.24) is 0 Å². The van der Waals surface area contributed by atoms with E-state index in [1.165, 1.54) is 7.11 Å². The van der Waals surface area contributed by atoms with Crippen molar-refractivity contribution in [2.24, 2.45) is 0 Å². The van der Waals surface area contributed by atoms with E-state index < -0.39 is 5.97 Å². The van der Waals surface area contributed by atoms with E-state index in [-0.39, 0.29) is 23.1 Å². The lowest BCUT2D eigenvalue weighted by molar-refractivity contribution is 0.0702. The number of rotatable bonds is 5. The minimum atomic E-state index is -0.669. The van der Waals surface area contributed by atoms with Gasteiger partial charge in [0.1, 0.15) is 17.2 Å². The molecule has 0 amide bonds. The Hall–Kier alpha value is -4.52. The second-order valence-electron chi connectivity index (χ2n) is 7.66. The molecular weight excluding hydrogens is 436 g/mol. The summed E-state index contributed by atoms with van der Waals surface area (Å²) >= 11 is 0. The van der Waals surface area contributed by atoms with Gasteiger partial charge in [0.15, 0.2) is 17.1 Å². The molecule has 0 N–H and O–H groups in total. The molecular formula is C27H20O7. The molecule has 0 unspecified atom stereocenters. The number of para-hydroxylation sites is 1. The number of carbonyl (C=O) groups excluding carboxylic acids is 2. The predicted molar refractivity (Wildman–Crippen MR) is 125 cm³/mol. The Labute approximate surface area is 195 Å². The van der Waals surface area contributed by atoms with Crippen molar-refractivity contribution in [2.75, 3.05) is 14.2 Å². The summed E-state index contributed by atoms with van der Waals surface area (Å²) in [6.45, 7) is 1.73. The van der Waals surface area contributed by atoms with Gasteiger partial charge in [-0.2, -0.15) is 0 Å². The van der Waals surface area contributed by atoms with Gasteiger partial charge in [-0.05, 0) is 55.0 Å². The van der Waals surface area contributed by atoms with Crippen molar-refractivity contribution >= 4 is 28.8 Å². The van der Waals surface area contributed by atoms with Crippen molar-refractivity contribution in [3.8, 4) is 23.0 Å². The smallest absolute Gasteiger partial charge is 0.379 e. The molecule has 0 bridgehead atoms. The van der Waals surface area contributed by atoms with E-state index in [4.69, 9.17) is 23.4 Å². The Morgan fingerprint density at radius 3 is 2.56 bits per heavy atom. The number of hydrogen-bond donors (Lipinski definition) is 0. The molecule has 170 valence electrons. The molecule has 0 atom stereocenters. The first-order valence-electron chi connectivity index (χ1n) is 10.5. The number of allylic oxidation sites excluding steroid dienone is 1. The topological polar surface area (TPSA) is 84.2 Å². The molecule has 3 aromatic carbocycles. The third-order valence-electron chi connectivity index (χ3n) is 5.56. The highest BCUT2D eigenvalue weighted by atomic mass is 16.6. The maximum Gasteiger partial charge on any atom is 0.379 e. The van der Waals surface area contributed by atoms with Crippen LogP contribution in [-0.4, -0.2) is 26.0 Å². The molecule has 0 aliphatic carbocycles. The number of carbonyl (C=O) groups is 2. The molecule has 0 fully saturated rings. The van der Waals surface area contributed by atoms with Crippen molar-refractivity contribution in [3.05, 3.63) is 88.9 Å². The van der Waals surface area contributed by atoms with Gasteiger partial charge in [-0.15, -0.1) is 0 Å². The van der Waals surface area contributed by atoms with Crippen LogP contribution in [0.2, 0.25) is 0 Å². The third-order valence-corrected chi connectivity index (χ3v) is 5.56. The summed E-state index contributed by atoms with van der Waals surface area (Å²) < 4.78 is 27.6. The van der Waals surface area contributed by atoms with Crippen LogP contribution in [0.1, 0.15) is 32.0 Å². The van der Waals surface area contributed by atoms with Gasteiger partial charge in [-0.3, -0.25) is 4.79 Å². The van der Waals surface area contributed by atoms with Gasteiger partial charge in [0.05, 0.1) is 19.8 Å². The summed E-state index contributed by atoms with van der Waals surface area (Å²) in [5.74, 6) is 1.12. The van der Waals surface area contributed by atoms with Gasteiger partial charge < -0.3 is 23.4 Å². The van der Waals surface area contributed by atoms with Crippen molar-refractivity contribution in [1.29, 1.82) is 0 Å². The zero-order valence-corrected chi connectivity index (χ0v) is 18.7. The fourth-order valence-corrected chi connectivity index (χ4v) is 3.81. The highest BCUT2D eigenvalue weighted by molar-refractivity contribution is 6.15. The molecule has 1 aromatic heterocycles. The Morgan fingerprint density at radius 1 is 0.941 bits per heavy atom. The SMILES string of the molecule is COc1cccc(/C=C2\Oc3c(ccc(OC(=O)c4cc5cccc(OC)c5o4)c3C)C2=O)c1. The largest absolute Gasteiger partial charge is 0.497 e. The highest BCUT2D eigenvalue weighted by Crippen LogP contribution is 2.40. The van der Waals surface area contributed by atoms with Crippen molar-refractivity contribution in [3.63, 3.8) is 0 Å². The average Bonchev–Trinajstić information content (AvgIpc) is 3.43. The Balaban J connectivity index is 1.41. The van der Waals surface area contributed by atoms with E-state index in [0.29, 0.717) is 34.0 Å². The Bertz CT molecular complexity index is 1480. The summed E-state index contributed by atoms with van der Waals surface area (Å²) in [5.41, 5.74) is 2.16. The van der Waals surface area contributed by atoms with Gasteiger partial charge in [-0.25, -0.2) is 4.79 Å². The van der Waals surface area contributed by atoms with E-state index in [1.54, 1.807) is 56.5 Å². The predicted octanol–water partition coefficient (Wildman–Crippen LogP) is 5.59.